The summed E-state index contributed by atoms with van der Waals surface area (Å²) in [6, 6.07) is 14.1. The molecule has 0 saturated carbocycles. The molecule has 0 fully saturated rings. The van der Waals surface area contributed by atoms with E-state index in [2.05, 4.69) is 9.82 Å². The molecule has 0 unspecified atom stereocenters. The van der Waals surface area contributed by atoms with Gasteiger partial charge < -0.3 is 4.84 Å². The lowest BCUT2D eigenvalue weighted by Crippen LogP contribution is -1.96. The molecule has 2 rings (SSSR count). The Morgan fingerprint density at radius 3 is 2.59 bits per heavy atom. The average Bonchev–Trinajstić information content (AvgIpc) is 2.41. The van der Waals surface area contributed by atoms with Gasteiger partial charge in [0.1, 0.15) is 0 Å². The highest BCUT2D eigenvalue weighted by molar-refractivity contribution is 5.62. The number of nitrogens with zero attached hydrogens (tertiary/aromatic N) is 1. The first-order valence-electron chi connectivity index (χ1n) is 5.40. The minimum Gasteiger partial charge on any atom is -0.300 e. The van der Waals surface area contributed by atoms with E-state index in [1.54, 1.807) is 6.20 Å². The normalized spacial score (nSPS) is 10.9. The lowest BCUT2D eigenvalue weighted by molar-refractivity contribution is 0.168. The van der Waals surface area contributed by atoms with Crippen molar-refractivity contribution in [3.8, 4) is 11.3 Å². The second-order valence-corrected chi connectivity index (χ2v) is 3.57. The Kier molecular flexibility index (Phi) is 4.02. The van der Waals surface area contributed by atoms with E-state index in [0.717, 1.165) is 16.8 Å². The van der Waals surface area contributed by atoms with E-state index in [1.165, 1.54) is 0 Å². The van der Waals surface area contributed by atoms with Gasteiger partial charge in [0.25, 0.3) is 0 Å². The minimum atomic E-state index is 0.419. The maximum absolute atomic E-state index is 4.93. The van der Waals surface area contributed by atoms with Gasteiger partial charge in [-0.15, -0.1) is 0 Å². The van der Waals surface area contributed by atoms with Crippen LogP contribution in [0.3, 0.4) is 0 Å². The highest BCUT2D eigenvalue weighted by atomic mass is 16.6. The van der Waals surface area contributed by atoms with Gasteiger partial charge in [0, 0.05) is 11.8 Å². The summed E-state index contributed by atoms with van der Waals surface area (Å²) in [5, 5.41) is 0. The van der Waals surface area contributed by atoms with E-state index in [-0.39, 0.29) is 0 Å². The van der Waals surface area contributed by atoms with Crippen molar-refractivity contribution < 1.29 is 4.84 Å². The molecule has 0 aliphatic rings. The smallest absolute Gasteiger partial charge is 0.0864 e. The van der Waals surface area contributed by atoms with Crippen LogP contribution >= 0.6 is 0 Å². The fourth-order valence-electron chi connectivity index (χ4n) is 1.54. The molecule has 1 aromatic heterocycles. The summed E-state index contributed by atoms with van der Waals surface area (Å²) < 4.78 is 0. The molecule has 0 radical (unpaired) electrons. The molecule has 2 N–H and O–H groups in total. The molecule has 0 aliphatic carbocycles. The van der Waals surface area contributed by atoms with E-state index in [0.29, 0.717) is 6.61 Å². The van der Waals surface area contributed by atoms with Crippen LogP contribution in [-0.2, 0) is 4.84 Å². The van der Waals surface area contributed by atoms with Crippen molar-refractivity contribution in [2.75, 3.05) is 6.61 Å². The number of benzene rings is 1. The third kappa shape index (κ3) is 3.24. The molecule has 0 amide bonds. The van der Waals surface area contributed by atoms with Crippen LogP contribution in [0, 0.1) is 0 Å². The van der Waals surface area contributed by atoms with E-state index >= 15 is 0 Å². The summed E-state index contributed by atoms with van der Waals surface area (Å²) in [6.45, 7) is 0.419. The van der Waals surface area contributed by atoms with E-state index < -0.39 is 0 Å². The van der Waals surface area contributed by atoms with Crippen molar-refractivity contribution >= 4 is 6.08 Å². The van der Waals surface area contributed by atoms with Crippen molar-refractivity contribution in [3.05, 3.63) is 60.3 Å². The largest absolute Gasteiger partial charge is 0.300 e. The second kappa shape index (κ2) is 5.94. The van der Waals surface area contributed by atoms with Crippen LogP contribution in [0.5, 0.6) is 0 Å². The quantitative estimate of drug-likeness (QED) is 0.815. The van der Waals surface area contributed by atoms with Gasteiger partial charge in [-0.1, -0.05) is 42.5 Å². The van der Waals surface area contributed by atoms with Gasteiger partial charge in [0.15, 0.2) is 0 Å². The first kappa shape index (κ1) is 11.5. The SMILES string of the molecule is NOCC=Cc1ccc(-c2ccccn2)cc1. The van der Waals surface area contributed by atoms with Crippen LogP contribution in [0.1, 0.15) is 5.56 Å². The summed E-state index contributed by atoms with van der Waals surface area (Å²) >= 11 is 0. The molecule has 1 heterocycles. The van der Waals surface area contributed by atoms with Gasteiger partial charge in [0.05, 0.1) is 12.3 Å². The average molecular weight is 226 g/mol. The molecule has 2 aromatic rings. The van der Waals surface area contributed by atoms with E-state index in [9.17, 15) is 0 Å². The highest BCUT2D eigenvalue weighted by Crippen LogP contribution is 2.17. The monoisotopic (exact) mass is 226 g/mol. The Morgan fingerprint density at radius 1 is 1.12 bits per heavy atom. The summed E-state index contributed by atoms with van der Waals surface area (Å²) in [5.41, 5.74) is 3.20. The summed E-state index contributed by atoms with van der Waals surface area (Å²) in [4.78, 5) is 8.76. The summed E-state index contributed by atoms with van der Waals surface area (Å²) in [6.07, 6.45) is 5.63. The Bertz CT molecular complexity index is 477. The first-order chi connectivity index (χ1) is 8.40. The van der Waals surface area contributed by atoms with Gasteiger partial charge in [0.2, 0.25) is 0 Å². The molecule has 0 bridgehead atoms. The summed E-state index contributed by atoms with van der Waals surface area (Å²) in [5.74, 6) is 4.93. The molecule has 3 heteroatoms. The van der Waals surface area contributed by atoms with Gasteiger partial charge >= 0.3 is 0 Å². The lowest BCUT2D eigenvalue weighted by atomic mass is 10.1. The number of aromatic nitrogens is 1. The van der Waals surface area contributed by atoms with Crippen molar-refractivity contribution in [1.29, 1.82) is 0 Å². The zero-order valence-electron chi connectivity index (χ0n) is 9.41. The second-order valence-electron chi connectivity index (χ2n) is 3.57. The Morgan fingerprint density at radius 2 is 1.94 bits per heavy atom. The van der Waals surface area contributed by atoms with E-state index in [4.69, 9.17) is 5.90 Å². The van der Waals surface area contributed by atoms with Gasteiger partial charge in [-0.25, -0.2) is 5.90 Å². The van der Waals surface area contributed by atoms with Crippen LogP contribution in [0.2, 0.25) is 0 Å². The topological polar surface area (TPSA) is 48.1 Å². The van der Waals surface area contributed by atoms with Crippen LogP contribution in [0.25, 0.3) is 17.3 Å². The molecule has 0 atom stereocenters. The molecule has 1 aromatic carbocycles. The third-order valence-corrected chi connectivity index (χ3v) is 2.37. The maximum Gasteiger partial charge on any atom is 0.0864 e. The molecule has 86 valence electrons. The predicted molar refractivity (Wildman–Crippen MR) is 68.8 cm³/mol. The minimum absolute atomic E-state index is 0.419. The van der Waals surface area contributed by atoms with E-state index in [1.807, 2.05) is 54.6 Å². The van der Waals surface area contributed by atoms with Crippen molar-refractivity contribution in [1.82, 2.24) is 4.98 Å². The molecule has 3 nitrogen and oxygen atoms in total. The lowest BCUT2D eigenvalue weighted by Gasteiger charge is -2.00. The highest BCUT2D eigenvalue weighted by Gasteiger charge is 1.96. The molecular formula is C14H14N2O. The van der Waals surface area contributed by atoms with Crippen LogP contribution in [0.15, 0.2) is 54.7 Å². The van der Waals surface area contributed by atoms with Crippen molar-refractivity contribution in [2.24, 2.45) is 5.90 Å². The Balaban J connectivity index is 2.13. The molecular weight excluding hydrogens is 212 g/mol. The molecule has 0 spiro atoms. The Hall–Kier alpha value is -1.97. The predicted octanol–water partition coefficient (Wildman–Crippen LogP) is 2.65. The Labute approximate surface area is 101 Å². The molecule has 17 heavy (non-hydrogen) atoms. The zero-order valence-corrected chi connectivity index (χ0v) is 9.41. The van der Waals surface area contributed by atoms with Gasteiger partial charge in [-0.05, 0) is 17.7 Å². The molecule has 0 aliphatic heterocycles. The number of hydrogen-bond donors (Lipinski definition) is 1. The summed E-state index contributed by atoms with van der Waals surface area (Å²) in [7, 11) is 0. The number of rotatable bonds is 4. The van der Waals surface area contributed by atoms with Crippen molar-refractivity contribution in [3.63, 3.8) is 0 Å². The fraction of sp³-hybridized carbons (Fsp3) is 0.0714. The fourth-order valence-corrected chi connectivity index (χ4v) is 1.54. The third-order valence-electron chi connectivity index (χ3n) is 2.37. The van der Waals surface area contributed by atoms with Gasteiger partial charge in [-0.3, -0.25) is 4.98 Å². The maximum atomic E-state index is 4.93. The van der Waals surface area contributed by atoms with Gasteiger partial charge in [-0.2, -0.15) is 0 Å². The van der Waals surface area contributed by atoms with Crippen LogP contribution < -0.4 is 5.90 Å². The van der Waals surface area contributed by atoms with Crippen LogP contribution in [0.4, 0.5) is 0 Å². The number of hydrogen-bond acceptors (Lipinski definition) is 3. The number of nitrogens with two attached hydrogens (primary N) is 1. The standard InChI is InChI=1S/C14H14N2O/c15-17-11-3-4-12-6-8-13(9-7-12)14-5-1-2-10-16-14/h1-10H,11,15H2. The molecule has 0 saturated heterocycles. The van der Waals surface area contributed by atoms with Crippen LogP contribution in [-0.4, -0.2) is 11.6 Å². The first-order valence-corrected chi connectivity index (χ1v) is 5.40. The van der Waals surface area contributed by atoms with Crippen molar-refractivity contribution in [2.45, 2.75) is 0 Å². The zero-order chi connectivity index (χ0) is 11.9. The number of pyridine rings is 1.